The maximum atomic E-state index is 11.3. The minimum Gasteiger partial charge on any atom is -0.479 e. The van der Waals surface area contributed by atoms with E-state index in [-0.39, 0.29) is 0 Å². The summed E-state index contributed by atoms with van der Waals surface area (Å²) in [6.07, 6.45) is 3.85. The molecule has 3 nitrogen and oxygen atoms in total. The normalized spacial score (nSPS) is 22.8. The van der Waals surface area contributed by atoms with Crippen LogP contribution in [-0.2, 0) is 16.0 Å². The minimum atomic E-state index is -1.19. The molecule has 1 N–H and O–H groups in total. The van der Waals surface area contributed by atoms with Gasteiger partial charge in [0.25, 0.3) is 0 Å². The van der Waals surface area contributed by atoms with Crippen molar-refractivity contribution in [1.29, 1.82) is 0 Å². The molecule has 0 aliphatic heterocycles. The lowest BCUT2D eigenvalue weighted by atomic mass is 9.86. The molecule has 16 heavy (non-hydrogen) atoms. The summed E-state index contributed by atoms with van der Waals surface area (Å²) in [4.78, 5) is 11.3. The number of hydrogen-bond acceptors (Lipinski definition) is 2. The average molecular weight is 218 g/mol. The fourth-order valence-corrected chi connectivity index (χ4v) is 1.99. The van der Waals surface area contributed by atoms with Crippen LogP contribution in [-0.4, -0.2) is 23.3 Å². The second kappa shape index (κ2) is 4.10. The second-order valence-corrected chi connectivity index (χ2v) is 3.84. The van der Waals surface area contributed by atoms with E-state index < -0.39 is 11.6 Å². The molecule has 84 valence electrons. The Morgan fingerprint density at radius 1 is 1.50 bits per heavy atom. The minimum absolute atomic E-state index is 0.388. The van der Waals surface area contributed by atoms with Crippen LogP contribution in [0.25, 0.3) is 6.08 Å². The Bertz CT molecular complexity index is 437. The molecule has 0 bridgehead atoms. The van der Waals surface area contributed by atoms with Crippen LogP contribution in [0.5, 0.6) is 0 Å². The number of aliphatic carboxylic acids is 1. The van der Waals surface area contributed by atoms with Crippen molar-refractivity contribution in [3.63, 3.8) is 0 Å². The van der Waals surface area contributed by atoms with Gasteiger partial charge in [-0.05, 0) is 24.1 Å². The Morgan fingerprint density at radius 3 is 2.94 bits per heavy atom. The van der Waals surface area contributed by atoms with Gasteiger partial charge in [0, 0.05) is 13.0 Å². The van der Waals surface area contributed by atoms with Gasteiger partial charge in [0.15, 0.2) is 5.60 Å². The largest absolute Gasteiger partial charge is 0.479 e. The van der Waals surface area contributed by atoms with E-state index in [0.717, 1.165) is 11.1 Å². The van der Waals surface area contributed by atoms with Gasteiger partial charge >= 0.3 is 5.97 Å². The van der Waals surface area contributed by atoms with Gasteiger partial charge in [-0.25, -0.2) is 4.79 Å². The van der Waals surface area contributed by atoms with E-state index >= 15 is 0 Å². The Hall–Kier alpha value is -1.61. The topological polar surface area (TPSA) is 46.5 Å². The first-order valence-electron chi connectivity index (χ1n) is 5.32. The third kappa shape index (κ3) is 1.74. The number of carboxylic acids is 1. The van der Waals surface area contributed by atoms with E-state index in [1.165, 1.54) is 0 Å². The number of benzene rings is 1. The molecule has 0 fully saturated rings. The molecule has 1 aliphatic rings. The van der Waals surface area contributed by atoms with Gasteiger partial charge in [-0.15, -0.1) is 0 Å². The molecule has 0 aromatic heterocycles. The smallest absolute Gasteiger partial charge is 0.340 e. The highest BCUT2D eigenvalue weighted by atomic mass is 16.5. The molecule has 0 radical (unpaired) electrons. The molecule has 1 atom stereocenters. The van der Waals surface area contributed by atoms with Crippen LogP contribution in [0.15, 0.2) is 30.3 Å². The predicted octanol–water partition coefficient (Wildman–Crippen LogP) is 2.12. The van der Waals surface area contributed by atoms with Crippen LogP contribution < -0.4 is 0 Å². The molecule has 1 unspecified atom stereocenters. The molecule has 1 aromatic carbocycles. The number of rotatable bonds is 3. The molecule has 0 heterocycles. The lowest BCUT2D eigenvalue weighted by molar-refractivity contribution is -0.158. The zero-order valence-corrected chi connectivity index (χ0v) is 9.14. The van der Waals surface area contributed by atoms with Crippen LogP contribution in [0.3, 0.4) is 0 Å². The summed E-state index contributed by atoms with van der Waals surface area (Å²) in [5.41, 5.74) is 0.892. The van der Waals surface area contributed by atoms with E-state index in [4.69, 9.17) is 4.74 Å². The zero-order chi connectivity index (χ0) is 11.6. The summed E-state index contributed by atoms with van der Waals surface area (Å²) >= 11 is 0. The Balaban J connectivity index is 2.39. The van der Waals surface area contributed by atoms with Crippen molar-refractivity contribution in [3.8, 4) is 0 Å². The molecular weight excluding hydrogens is 204 g/mol. The zero-order valence-electron chi connectivity index (χ0n) is 9.14. The van der Waals surface area contributed by atoms with E-state index in [9.17, 15) is 9.90 Å². The Labute approximate surface area is 94.4 Å². The van der Waals surface area contributed by atoms with Crippen molar-refractivity contribution >= 4 is 12.0 Å². The first kappa shape index (κ1) is 10.9. The van der Waals surface area contributed by atoms with Crippen molar-refractivity contribution in [1.82, 2.24) is 0 Å². The van der Waals surface area contributed by atoms with Gasteiger partial charge in [0.1, 0.15) is 0 Å². The Morgan fingerprint density at radius 2 is 2.25 bits per heavy atom. The van der Waals surface area contributed by atoms with Crippen LogP contribution in [0.4, 0.5) is 0 Å². The molecule has 0 saturated carbocycles. The number of fused-ring (bicyclic) bond motifs is 1. The van der Waals surface area contributed by atoms with Crippen molar-refractivity contribution in [3.05, 3.63) is 41.5 Å². The van der Waals surface area contributed by atoms with E-state index in [0.29, 0.717) is 13.0 Å². The predicted molar refractivity (Wildman–Crippen MR) is 61.2 cm³/mol. The first-order chi connectivity index (χ1) is 7.68. The van der Waals surface area contributed by atoms with Crippen LogP contribution in [0.1, 0.15) is 18.1 Å². The highest BCUT2D eigenvalue weighted by Gasteiger charge is 2.39. The van der Waals surface area contributed by atoms with Gasteiger partial charge in [0.05, 0.1) is 0 Å². The van der Waals surface area contributed by atoms with Crippen molar-refractivity contribution < 1.29 is 14.6 Å². The fraction of sp³-hybridized carbons (Fsp3) is 0.308. The number of carbonyl (C=O) groups is 1. The fourth-order valence-electron chi connectivity index (χ4n) is 1.99. The quantitative estimate of drug-likeness (QED) is 0.845. The van der Waals surface area contributed by atoms with E-state index in [1.54, 1.807) is 13.0 Å². The molecule has 3 heteroatoms. The van der Waals surface area contributed by atoms with E-state index in [1.807, 2.05) is 30.3 Å². The monoisotopic (exact) mass is 218 g/mol. The number of hydrogen-bond donors (Lipinski definition) is 1. The standard InChI is InChI=1S/C13H14O3/c1-2-16-13(12(14)15)8-7-10-5-3-4-6-11(10)9-13/h3-8H,2,9H2,1H3,(H,14,15). The number of carboxylic acid groups (broad SMARTS) is 1. The maximum absolute atomic E-state index is 11.3. The second-order valence-electron chi connectivity index (χ2n) is 3.84. The summed E-state index contributed by atoms with van der Waals surface area (Å²) in [6, 6.07) is 7.77. The third-order valence-corrected chi connectivity index (χ3v) is 2.80. The van der Waals surface area contributed by atoms with Gasteiger partial charge in [-0.1, -0.05) is 30.3 Å². The highest BCUT2D eigenvalue weighted by molar-refractivity contribution is 5.84. The van der Waals surface area contributed by atoms with Gasteiger partial charge < -0.3 is 9.84 Å². The maximum Gasteiger partial charge on any atom is 0.340 e. The van der Waals surface area contributed by atoms with Gasteiger partial charge in [0.2, 0.25) is 0 Å². The van der Waals surface area contributed by atoms with Crippen molar-refractivity contribution in [2.45, 2.75) is 18.9 Å². The van der Waals surface area contributed by atoms with Gasteiger partial charge in [-0.3, -0.25) is 0 Å². The SMILES string of the molecule is CCOC1(C(=O)O)C=Cc2ccccc2C1. The molecule has 1 aliphatic carbocycles. The molecule has 0 amide bonds. The van der Waals surface area contributed by atoms with Gasteiger partial charge in [-0.2, -0.15) is 0 Å². The molecule has 0 spiro atoms. The molecule has 1 aromatic rings. The van der Waals surface area contributed by atoms with Crippen LogP contribution in [0, 0.1) is 0 Å². The summed E-state index contributed by atoms with van der Waals surface area (Å²) in [7, 11) is 0. The Kier molecular flexibility index (Phi) is 2.79. The average Bonchev–Trinajstić information content (AvgIpc) is 2.29. The van der Waals surface area contributed by atoms with Crippen molar-refractivity contribution in [2.24, 2.45) is 0 Å². The third-order valence-electron chi connectivity index (χ3n) is 2.80. The summed E-state index contributed by atoms with van der Waals surface area (Å²) in [6.45, 7) is 2.19. The number of ether oxygens (including phenoxy) is 1. The van der Waals surface area contributed by atoms with Crippen LogP contribution >= 0.6 is 0 Å². The molecular formula is C13H14O3. The lowest BCUT2D eigenvalue weighted by Crippen LogP contribution is -2.43. The summed E-state index contributed by atoms with van der Waals surface area (Å²) in [5, 5.41) is 9.27. The molecule has 0 saturated heterocycles. The highest BCUT2D eigenvalue weighted by Crippen LogP contribution is 2.29. The lowest BCUT2D eigenvalue weighted by Gasteiger charge is -2.29. The first-order valence-corrected chi connectivity index (χ1v) is 5.32. The summed E-state index contributed by atoms with van der Waals surface area (Å²) < 4.78 is 5.40. The molecule has 2 rings (SSSR count). The summed E-state index contributed by atoms with van der Waals surface area (Å²) in [5.74, 6) is -0.930. The van der Waals surface area contributed by atoms with Crippen LogP contribution in [0.2, 0.25) is 0 Å². The van der Waals surface area contributed by atoms with E-state index in [2.05, 4.69) is 0 Å². The van der Waals surface area contributed by atoms with Crippen molar-refractivity contribution in [2.75, 3.05) is 6.61 Å².